The van der Waals surface area contributed by atoms with Crippen molar-refractivity contribution in [1.82, 2.24) is 25.9 Å². The van der Waals surface area contributed by atoms with Gasteiger partial charge in [0.05, 0.1) is 12.9 Å². The fourth-order valence-electron chi connectivity index (χ4n) is 3.57. The van der Waals surface area contributed by atoms with Crippen LogP contribution in [0.3, 0.4) is 0 Å². The molecule has 0 fully saturated rings. The molecule has 16 heteroatoms. The minimum Gasteiger partial charge on any atom is -0.508 e. The Hall–Kier alpha value is -4.70. The number of hydrogen-bond donors (Lipinski definition) is 10. The highest BCUT2D eigenvalue weighted by Gasteiger charge is 2.31. The summed E-state index contributed by atoms with van der Waals surface area (Å²) in [6.07, 6.45) is 2.97. The van der Waals surface area contributed by atoms with E-state index in [1.165, 1.54) is 36.8 Å². The van der Waals surface area contributed by atoms with Gasteiger partial charge < -0.3 is 53.5 Å². The average Bonchev–Trinajstić information content (AvgIpc) is 3.43. The molecule has 0 saturated heterocycles. The number of carbonyl (C=O) groups excluding carboxylic acids is 3. The fourth-order valence-corrected chi connectivity index (χ4v) is 3.57. The molecule has 0 spiro atoms. The van der Waals surface area contributed by atoms with E-state index >= 15 is 0 Å². The predicted molar refractivity (Wildman–Crippen MR) is 143 cm³/mol. The number of aliphatic hydroxyl groups is 1. The second kappa shape index (κ2) is 15.6. The van der Waals surface area contributed by atoms with E-state index in [1.54, 1.807) is 0 Å². The number of benzene rings is 1. The summed E-state index contributed by atoms with van der Waals surface area (Å²) in [6, 6.07) is 0.777. The zero-order valence-electron chi connectivity index (χ0n) is 21.6. The number of rotatable bonds is 16. The van der Waals surface area contributed by atoms with E-state index in [4.69, 9.17) is 17.2 Å². The van der Waals surface area contributed by atoms with Crippen LogP contribution in [0.2, 0.25) is 0 Å². The molecule has 3 amide bonds. The molecule has 0 aliphatic heterocycles. The van der Waals surface area contributed by atoms with E-state index < -0.39 is 54.5 Å². The van der Waals surface area contributed by atoms with Gasteiger partial charge in [-0.2, -0.15) is 0 Å². The Bertz CT molecular complexity index is 1150. The minimum absolute atomic E-state index is 0.00921. The third kappa shape index (κ3) is 10.6. The second-order valence-electron chi connectivity index (χ2n) is 8.91. The SMILES string of the molecule is NC(N)=NCCCC(NC(=O)C(Cc1ccc(O)cc1)NC(=O)C(Cc1cnc[nH]1)NC(=O)C(N)CO)C(=O)O. The molecular formula is C24H35N9O7. The van der Waals surface area contributed by atoms with Gasteiger partial charge in [-0.1, -0.05) is 12.1 Å². The number of carboxylic acid groups (broad SMARTS) is 1. The maximum Gasteiger partial charge on any atom is 0.326 e. The van der Waals surface area contributed by atoms with E-state index in [1.807, 2.05) is 0 Å². The number of amides is 3. The Morgan fingerprint density at radius 3 is 2.10 bits per heavy atom. The highest BCUT2D eigenvalue weighted by Crippen LogP contribution is 2.12. The smallest absolute Gasteiger partial charge is 0.326 e. The molecule has 0 radical (unpaired) electrons. The molecule has 0 aliphatic rings. The van der Waals surface area contributed by atoms with Crippen molar-refractivity contribution in [3.8, 4) is 5.75 Å². The molecule has 4 atom stereocenters. The summed E-state index contributed by atoms with van der Waals surface area (Å²) >= 11 is 0. The number of aliphatic carboxylic acids is 1. The number of carboxylic acids is 1. The molecule has 218 valence electrons. The molecule has 2 rings (SSSR count). The number of imidazole rings is 1. The number of aromatic hydroxyl groups is 1. The summed E-state index contributed by atoms with van der Waals surface area (Å²) in [5.41, 5.74) is 17.2. The van der Waals surface area contributed by atoms with E-state index in [2.05, 4.69) is 30.9 Å². The molecule has 0 aliphatic carbocycles. The lowest BCUT2D eigenvalue weighted by molar-refractivity contribution is -0.142. The van der Waals surface area contributed by atoms with Crippen LogP contribution in [0.5, 0.6) is 5.75 Å². The number of nitrogens with zero attached hydrogens (tertiary/aromatic N) is 2. The number of nitrogens with two attached hydrogens (primary N) is 3. The molecule has 4 unspecified atom stereocenters. The van der Waals surface area contributed by atoms with Crippen molar-refractivity contribution >= 4 is 29.7 Å². The van der Waals surface area contributed by atoms with Crippen molar-refractivity contribution in [1.29, 1.82) is 0 Å². The summed E-state index contributed by atoms with van der Waals surface area (Å²) in [4.78, 5) is 61.2. The van der Waals surface area contributed by atoms with Gasteiger partial charge in [-0.05, 0) is 30.5 Å². The van der Waals surface area contributed by atoms with Crippen molar-refractivity contribution in [2.75, 3.05) is 13.2 Å². The number of aromatic nitrogens is 2. The minimum atomic E-state index is -1.30. The lowest BCUT2D eigenvalue weighted by atomic mass is 10.0. The van der Waals surface area contributed by atoms with Gasteiger partial charge in [0.25, 0.3) is 0 Å². The number of phenolic OH excluding ortho intramolecular Hbond substituents is 1. The number of aromatic amines is 1. The lowest BCUT2D eigenvalue weighted by Crippen LogP contribution is -2.58. The zero-order valence-corrected chi connectivity index (χ0v) is 21.6. The fraction of sp³-hybridized carbons (Fsp3) is 0.417. The lowest BCUT2D eigenvalue weighted by Gasteiger charge is -2.25. The van der Waals surface area contributed by atoms with Crippen LogP contribution in [0.1, 0.15) is 24.1 Å². The molecular weight excluding hydrogens is 526 g/mol. The van der Waals surface area contributed by atoms with Crippen molar-refractivity contribution in [3.63, 3.8) is 0 Å². The predicted octanol–water partition coefficient (Wildman–Crippen LogP) is -3.19. The standard InChI is InChI=1S/C24H35N9O7/c25-16(11-34)20(36)32-19(9-14-10-28-12-30-14)22(38)33-18(8-13-3-5-15(35)6-4-13)21(37)31-17(23(39)40)2-1-7-29-24(26)27/h3-6,10,12,16-19,34-35H,1-2,7-9,11,25H2,(H,28,30)(H,31,37)(H,32,36)(H,33,38)(H,39,40)(H4,26,27,29). The van der Waals surface area contributed by atoms with Gasteiger partial charge >= 0.3 is 5.97 Å². The summed E-state index contributed by atoms with van der Waals surface area (Å²) < 4.78 is 0. The highest BCUT2D eigenvalue weighted by atomic mass is 16.4. The number of aliphatic hydroxyl groups excluding tert-OH is 1. The first-order valence-corrected chi connectivity index (χ1v) is 12.3. The topological polar surface area (TPSA) is 284 Å². The van der Waals surface area contributed by atoms with Crippen LogP contribution in [-0.2, 0) is 32.0 Å². The van der Waals surface area contributed by atoms with Crippen molar-refractivity contribution < 1.29 is 34.5 Å². The number of phenols is 1. The van der Waals surface area contributed by atoms with Crippen LogP contribution < -0.4 is 33.2 Å². The number of carbonyl (C=O) groups is 4. The summed E-state index contributed by atoms with van der Waals surface area (Å²) in [5.74, 6) is -3.82. The van der Waals surface area contributed by atoms with Gasteiger partial charge in [0.1, 0.15) is 29.9 Å². The van der Waals surface area contributed by atoms with E-state index in [9.17, 15) is 34.5 Å². The normalized spacial score (nSPS) is 13.8. The maximum absolute atomic E-state index is 13.3. The van der Waals surface area contributed by atoms with Crippen LogP contribution in [0, 0.1) is 0 Å². The number of guanidine groups is 1. The van der Waals surface area contributed by atoms with Gasteiger partial charge in [0.15, 0.2) is 5.96 Å². The molecule has 0 bridgehead atoms. The van der Waals surface area contributed by atoms with E-state index in [0.717, 1.165) is 0 Å². The molecule has 2 aromatic rings. The largest absolute Gasteiger partial charge is 0.508 e. The third-order valence-corrected chi connectivity index (χ3v) is 5.71. The van der Waals surface area contributed by atoms with E-state index in [-0.39, 0.29) is 43.9 Å². The monoisotopic (exact) mass is 561 g/mol. The molecule has 0 saturated carbocycles. The molecule has 1 aromatic heterocycles. The Kier molecular flexibility index (Phi) is 12.3. The number of aliphatic imine (C=N–C) groups is 1. The molecule has 40 heavy (non-hydrogen) atoms. The summed E-state index contributed by atoms with van der Waals surface area (Å²) in [5, 5.41) is 35.9. The second-order valence-corrected chi connectivity index (χ2v) is 8.91. The van der Waals surface area contributed by atoms with Crippen LogP contribution in [0.4, 0.5) is 0 Å². The van der Waals surface area contributed by atoms with Crippen LogP contribution in [0.25, 0.3) is 0 Å². The zero-order chi connectivity index (χ0) is 29.7. The third-order valence-electron chi connectivity index (χ3n) is 5.71. The van der Waals surface area contributed by atoms with Gasteiger partial charge in [0.2, 0.25) is 17.7 Å². The number of H-pyrrole nitrogens is 1. The quantitative estimate of drug-likeness (QED) is 0.0553. The Morgan fingerprint density at radius 2 is 1.55 bits per heavy atom. The van der Waals surface area contributed by atoms with E-state index in [0.29, 0.717) is 11.3 Å². The Balaban J connectivity index is 2.25. The van der Waals surface area contributed by atoms with Gasteiger partial charge in [-0.25, -0.2) is 9.78 Å². The van der Waals surface area contributed by atoms with Crippen molar-refractivity contribution in [2.24, 2.45) is 22.2 Å². The molecule has 1 heterocycles. The van der Waals surface area contributed by atoms with Crippen molar-refractivity contribution in [3.05, 3.63) is 48.0 Å². The van der Waals surface area contributed by atoms with Crippen molar-refractivity contribution in [2.45, 2.75) is 49.9 Å². The summed E-state index contributed by atoms with van der Waals surface area (Å²) in [6.45, 7) is -0.503. The van der Waals surface area contributed by atoms with Crippen LogP contribution in [0.15, 0.2) is 41.8 Å². The summed E-state index contributed by atoms with van der Waals surface area (Å²) in [7, 11) is 0. The Labute approximate surface area is 229 Å². The first-order valence-electron chi connectivity index (χ1n) is 12.3. The molecule has 1 aromatic carbocycles. The number of hydrogen-bond acceptors (Lipinski definition) is 9. The first-order chi connectivity index (χ1) is 19.0. The Morgan fingerprint density at radius 1 is 0.950 bits per heavy atom. The highest BCUT2D eigenvalue weighted by molar-refractivity contribution is 5.94. The maximum atomic E-state index is 13.3. The first kappa shape index (κ1) is 31.5. The average molecular weight is 562 g/mol. The van der Waals surface area contributed by atoms with Gasteiger partial charge in [-0.15, -0.1) is 0 Å². The van der Waals surface area contributed by atoms with Gasteiger partial charge in [-0.3, -0.25) is 19.4 Å². The molecule has 13 N–H and O–H groups in total. The van der Waals surface area contributed by atoms with Gasteiger partial charge in [0, 0.05) is 31.3 Å². The molecule has 16 nitrogen and oxygen atoms in total. The van der Waals surface area contributed by atoms with Crippen LogP contribution >= 0.6 is 0 Å². The number of nitrogens with one attached hydrogen (secondary N) is 4. The van der Waals surface area contributed by atoms with Crippen LogP contribution in [-0.4, -0.2) is 92.3 Å².